The van der Waals surface area contributed by atoms with E-state index in [0.29, 0.717) is 12.8 Å². The number of carboxylic acid groups (broad SMARTS) is 2. The number of aliphatic carboxylic acids is 2. The maximum Gasteiger partial charge on any atom is 0.303 e. The molecule has 228 valence electrons. The van der Waals surface area contributed by atoms with E-state index >= 15 is 0 Å². The van der Waals surface area contributed by atoms with E-state index in [4.69, 9.17) is 10.2 Å². The summed E-state index contributed by atoms with van der Waals surface area (Å²) in [5.41, 5.74) is 6.35. The molecule has 0 atom stereocenters. The standard InChI is InChI=1S/C36H60O4/c1-3-5-17-23-31-29-30-32(24-19-13-11-12-16-22-28-36(39)40)34(33(31)25-18-6-4-2)26-20-14-9-7-8-10-15-21-27-35(37)38/h14,20,29-30H,3-13,15-19,21-28H2,1-2H3,(H,37,38)(H,39,40). The van der Waals surface area contributed by atoms with Gasteiger partial charge in [-0.1, -0.05) is 109 Å². The van der Waals surface area contributed by atoms with Crippen molar-refractivity contribution in [3.05, 3.63) is 46.5 Å². The SMILES string of the molecule is CCCCCc1ccc(CCCCCCCCC(=O)O)c(CC=CCCCCCCCC(=O)O)c1CCCCC. The van der Waals surface area contributed by atoms with Gasteiger partial charge in [-0.2, -0.15) is 0 Å². The molecule has 0 aliphatic rings. The zero-order chi connectivity index (χ0) is 29.3. The second-order valence-electron chi connectivity index (χ2n) is 11.6. The van der Waals surface area contributed by atoms with Gasteiger partial charge in [-0.15, -0.1) is 0 Å². The maximum absolute atomic E-state index is 10.7. The molecule has 0 bridgehead atoms. The number of hydrogen-bond donors (Lipinski definition) is 2. The van der Waals surface area contributed by atoms with Gasteiger partial charge >= 0.3 is 11.9 Å². The summed E-state index contributed by atoms with van der Waals surface area (Å²) in [5, 5.41) is 17.6. The Kier molecular flexibility index (Phi) is 22.2. The van der Waals surface area contributed by atoms with Crippen LogP contribution in [0.1, 0.15) is 165 Å². The highest BCUT2D eigenvalue weighted by Crippen LogP contribution is 2.27. The predicted molar refractivity (Wildman–Crippen MR) is 169 cm³/mol. The van der Waals surface area contributed by atoms with Crippen LogP contribution in [0.3, 0.4) is 0 Å². The van der Waals surface area contributed by atoms with Crippen LogP contribution in [-0.4, -0.2) is 22.2 Å². The minimum absolute atomic E-state index is 0.299. The van der Waals surface area contributed by atoms with Gasteiger partial charge in [0, 0.05) is 12.8 Å². The van der Waals surface area contributed by atoms with Gasteiger partial charge in [-0.05, 0) is 92.9 Å². The van der Waals surface area contributed by atoms with Crippen molar-refractivity contribution < 1.29 is 19.8 Å². The van der Waals surface area contributed by atoms with E-state index in [2.05, 4.69) is 38.1 Å². The lowest BCUT2D eigenvalue weighted by atomic mass is 9.86. The molecule has 0 heterocycles. The number of unbranched alkanes of at least 4 members (excludes halogenated alkanes) is 14. The van der Waals surface area contributed by atoms with Gasteiger partial charge in [0.2, 0.25) is 0 Å². The highest BCUT2D eigenvalue weighted by molar-refractivity contribution is 5.66. The number of benzene rings is 1. The van der Waals surface area contributed by atoms with Crippen molar-refractivity contribution in [1.29, 1.82) is 0 Å². The third kappa shape index (κ3) is 18.3. The molecular formula is C36H60O4. The molecule has 4 nitrogen and oxygen atoms in total. The van der Waals surface area contributed by atoms with E-state index in [1.54, 1.807) is 22.3 Å². The van der Waals surface area contributed by atoms with Crippen LogP contribution < -0.4 is 0 Å². The first-order valence-electron chi connectivity index (χ1n) is 16.7. The molecular weight excluding hydrogens is 496 g/mol. The summed E-state index contributed by atoms with van der Waals surface area (Å²) in [6.45, 7) is 4.57. The van der Waals surface area contributed by atoms with Crippen LogP contribution >= 0.6 is 0 Å². The molecule has 1 rings (SSSR count). The van der Waals surface area contributed by atoms with Crippen molar-refractivity contribution in [3.8, 4) is 0 Å². The quantitative estimate of drug-likeness (QED) is 0.0835. The zero-order valence-electron chi connectivity index (χ0n) is 26.0. The van der Waals surface area contributed by atoms with Crippen LogP contribution in [0.5, 0.6) is 0 Å². The molecule has 0 unspecified atom stereocenters. The van der Waals surface area contributed by atoms with Crippen LogP contribution in [0.25, 0.3) is 0 Å². The van der Waals surface area contributed by atoms with E-state index < -0.39 is 11.9 Å². The van der Waals surface area contributed by atoms with Crippen molar-refractivity contribution >= 4 is 11.9 Å². The Labute approximate surface area is 246 Å². The summed E-state index contributed by atoms with van der Waals surface area (Å²) in [6.07, 6.45) is 30.6. The lowest BCUT2D eigenvalue weighted by molar-refractivity contribution is -0.138. The molecule has 1 aromatic carbocycles. The van der Waals surface area contributed by atoms with Gasteiger partial charge in [0.15, 0.2) is 0 Å². The minimum atomic E-state index is -0.682. The molecule has 1 aromatic rings. The summed E-state index contributed by atoms with van der Waals surface area (Å²) in [4.78, 5) is 21.4. The van der Waals surface area contributed by atoms with E-state index in [-0.39, 0.29) is 0 Å². The normalized spacial score (nSPS) is 11.4. The Bertz CT molecular complexity index is 826. The topological polar surface area (TPSA) is 74.6 Å². The van der Waals surface area contributed by atoms with Crippen molar-refractivity contribution in [2.75, 3.05) is 0 Å². The molecule has 0 fully saturated rings. The monoisotopic (exact) mass is 556 g/mol. The first-order valence-corrected chi connectivity index (χ1v) is 16.7. The Balaban J connectivity index is 2.77. The number of aryl methyl sites for hydroxylation is 2. The maximum atomic E-state index is 10.7. The van der Waals surface area contributed by atoms with Gasteiger partial charge in [-0.3, -0.25) is 9.59 Å². The van der Waals surface area contributed by atoms with Gasteiger partial charge in [0.1, 0.15) is 0 Å². The minimum Gasteiger partial charge on any atom is -0.481 e. The smallest absolute Gasteiger partial charge is 0.303 e. The molecule has 0 aromatic heterocycles. The molecule has 2 N–H and O–H groups in total. The van der Waals surface area contributed by atoms with Crippen molar-refractivity contribution in [3.63, 3.8) is 0 Å². The van der Waals surface area contributed by atoms with Crippen molar-refractivity contribution in [2.24, 2.45) is 0 Å². The number of hydrogen-bond acceptors (Lipinski definition) is 2. The van der Waals surface area contributed by atoms with Gasteiger partial charge < -0.3 is 10.2 Å². The fourth-order valence-corrected chi connectivity index (χ4v) is 5.63. The second kappa shape index (κ2) is 24.7. The number of carbonyl (C=O) groups is 2. The lowest BCUT2D eigenvalue weighted by Gasteiger charge is -2.19. The van der Waals surface area contributed by atoms with Gasteiger partial charge in [0.25, 0.3) is 0 Å². The van der Waals surface area contributed by atoms with E-state index in [9.17, 15) is 9.59 Å². The molecule has 0 saturated carbocycles. The number of rotatable bonds is 27. The molecule has 40 heavy (non-hydrogen) atoms. The second-order valence-corrected chi connectivity index (χ2v) is 11.6. The van der Waals surface area contributed by atoms with Crippen LogP contribution in [0, 0.1) is 0 Å². The summed E-state index contributed by atoms with van der Waals surface area (Å²) in [5.74, 6) is -1.36. The zero-order valence-corrected chi connectivity index (χ0v) is 26.0. The Morgan fingerprint density at radius 1 is 0.550 bits per heavy atom. The van der Waals surface area contributed by atoms with Crippen LogP contribution in [0.4, 0.5) is 0 Å². The summed E-state index contributed by atoms with van der Waals surface area (Å²) in [6, 6.07) is 4.87. The van der Waals surface area contributed by atoms with Crippen molar-refractivity contribution in [2.45, 2.75) is 168 Å². The lowest BCUT2D eigenvalue weighted by Crippen LogP contribution is -2.06. The molecule has 0 saturated heterocycles. The number of carboxylic acids is 2. The fraction of sp³-hybridized carbons (Fsp3) is 0.722. The van der Waals surface area contributed by atoms with E-state index in [1.807, 2.05) is 0 Å². The van der Waals surface area contributed by atoms with Crippen molar-refractivity contribution in [1.82, 2.24) is 0 Å². The molecule has 0 aliphatic carbocycles. The first-order chi connectivity index (χ1) is 19.5. The van der Waals surface area contributed by atoms with E-state index in [1.165, 1.54) is 83.5 Å². The molecule has 0 aliphatic heterocycles. The van der Waals surface area contributed by atoms with Crippen LogP contribution in [0.15, 0.2) is 24.3 Å². The molecule has 4 heteroatoms. The summed E-state index contributed by atoms with van der Waals surface area (Å²) < 4.78 is 0. The highest BCUT2D eigenvalue weighted by Gasteiger charge is 2.13. The van der Waals surface area contributed by atoms with Crippen LogP contribution in [0.2, 0.25) is 0 Å². The summed E-state index contributed by atoms with van der Waals surface area (Å²) in [7, 11) is 0. The average Bonchev–Trinajstić information content (AvgIpc) is 2.92. The van der Waals surface area contributed by atoms with E-state index in [0.717, 1.165) is 57.8 Å². The fourth-order valence-electron chi connectivity index (χ4n) is 5.63. The third-order valence-corrected chi connectivity index (χ3v) is 8.04. The molecule has 0 amide bonds. The highest BCUT2D eigenvalue weighted by atomic mass is 16.4. The van der Waals surface area contributed by atoms with Gasteiger partial charge in [0.05, 0.1) is 0 Å². The first kappa shape index (κ1) is 35.9. The summed E-state index contributed by atoms with van der Waals surface area (Å²) >= 11 is 0. The molecule has 0 spiro atoms. The predicted octanol–water partition coefficient (Wildman–Crippen LogP) is 10.4. The Morgan fingerprint density at radius 3 is 1.55 bits per heavy atom. The Morgan fingerprint density at radius 2 is 1.00 bits per heavy atom. The van der Waals surface area contributed by atoms with Crippen LogP contribution in [-0.2, 0) is 35.3 Å². The average molecular weight is 557 g/mol. The molecule has 0 radical (unpaired) electrons. The van der Waals surface area contributed by atoms with Gasteiger partial charge in [-0.25, -0.2) is 0 Å². The third-order valence-electron chi connectivity index (χ3n) is 8.04. The number of allylic oxidation sites excluding steroid dienone is 2. The largest absolute Gasteiger partial charge is 0.481 e. The Hall–Kier alpha value is -2.10.